The Morgan fingerprint density at radius 3 is 2.21 bits per heavy atom. The third-order valence-corrected chi connectivity index (χ3v) is 7.55. The molecule has 1 N–H and O–H groups in total. The van der Waals surface area contributed by atoms with Crippen molar-refractivity contribution < 1.29 is 38.2 Å². The van der Waals surface area contributed by atoms with Crippen molar-refractivity contribution in [2.45, 2.75) is 38.4 Å². The molecule has 0 unspecified atom stereocenters. The molecule has 0 saturated carbocycles. The molecule has 2 atom stereocenters. The predicted octanol–water partition coefficient (Wildman–Crippen LogP) is 0.477. The number of hydrogen-bond acceptors (Lipinski definition) is 12. The minimum Gasteiger partial charge on any atom is -0.461 e. The number of β-lactam (4-membered cyclic amide) rings is 1. The molecule has 2 amide bonds. The minimum absolute atomic E-state index is 0.0882. The zero-order valence-electron chi connectivity index (χ0n) is 22.8. The van der Waals surface area contributed by atoms with Crippen LogP contribution in [0.4, 0.5) is 0 Å². The van der Waals surface area contributed by atoms with Gasteiger partial charge in [0.05, 0.1) is 0 Å². The van der Waals surface area contributed by atoms with E-state index in [4.69, 9.17) is 24.7 Å². The second kappa shape index (κ2) is 13.1. The molecule has 15 heteroatoms. The van der Waals surface area contributed by atoms with Crippen molar-refractivity contribution >= 4 is 41.5 Å². The number of esters is 3. The van der Waals surface area contributed by atoms with E-state index in [9.17, 15) is 28.8 Å². The number of fused-ring (bicyclic) bond motifs is 1. The number of amides is 2. The maximum atomic E-state index is 13.2. The second-order valence-electron chi connectivity index (χ2n) is 9.31. The van der Waals surface area contributed by atoms with Crippen LogP contribution in [0.3, 0.4) is 0 Å². The Morgan fingerprint density at radius 2 is 1.63 bits per heavy atom. The molecule has 14 nitrogen and oxygen atoms in total. The lowest BCUT2D eigenvalue weighted by Gasteiger charge is -2.49. The highest BCUT2D eigenvalue weighted by atomic mass is 32.2. The SMILES string of the molecule is CC(=O)OCC1=C(C(=O)OCc2ccc(OC(C)=O)cc2)N2C(=O)[C@@H](NC(=O)Cn3cc(C#N)c(=O)c(C#N)c3)[C@H]2SC1. The molecule has 1 saturated heterocycles. The number of carbonyl (C=O) groups excluding carboxylic acids is 5. The number of ether oxygens (including phenoxy) is 3. The monoisotopic (exact) mass is 605 g/mol. The van der Waals surface area contributed by atoms with Gasteiger partial charge in [0.2, 0.25) is 11.3 Å². The summed E-state index contributed by atoms with van der Waals surface area (Å²) in [6.07, 6.45) is 2.27. The third kappa shape index (κ3) is 6.91. The highest BCUT2D eigenvalue weighted by molar-refractivity contribution is 8.00. The van der Waals surface area contributed by atoms with Gasteiger partial charge in [-0.25, -0.2) is 4.79 Å². The lowest BCUT2D eigenvalue weighted by Crippen LogP contribution is -2.70. The van der Waals surface area contributed by atoms with Crippen molar-refractivity contribution in [3.05, 3.63) is 74.8 Å². The first-order valence-electron chi connectivity index (χ1n) is 12.6. The van der Waals surface area contributed by atoms with Gasteiger partial charge in [0, 0.05) is 37.6 Å². The highest BCUT2D eigenvalue weighted by Gasteiger charge is 2.54. The van der Waals surface area contributed by atoms with Gasteiger partial charge in [-0.1, -0.05) is 12.1 Å². The van der Waals surface area contributed by atoms with Crippen LogP contribution in [0.2, 0.25) is 0 Å². The van der Waals surface area contributed by atoms with E-state index in [1.165, 1.54) is 47.2 Å². The van der Waals surface area contributed by atoms with Gasteiger partial charge in [0.15, 0.2) is 0 Å². The molecule has 0 spiro atoms. The number of carbonyl (C=O) groups is 5. The minimum atomic E-state index is -1.00. The summed E-state index contributed by atoms with van der Waals surface area (Å²) in [6.45, 7) is 1.68. The maximum Gasteiger partial charge on any atom is 0.355 e. The molecule has 2 aliphatic heterocycles. The van der Waals surface area contributed by atoms with Gasteiger partial charge in [-0.15, -0.1) is 11.8 Å². The van der Waals surface area contributed by atoms with Crippen molar-refractivity contribution in [1.29, 1.82) is 10.5 Å². The number of pyridine rings is 1. The molecule has 2 aliphatic rings. The van der Waals surface area contributed by atoms with E-state index < -0.39 is 46.6 Å². The second-order valence-corrected chi connectivity index (χ2v) is 10.4. The van der Waals surface area contributed by atoms with Gasteiger partial charge in [-0.05, 0) is 17.7 Å². The van der Waals surface area contributed by atoms with E-state index in [1.807, 2.05) is 0 Å². The van der Waals surface area contributed by atoms with E-state index in [0.717, 1.165) is 12.4 Å². The first-order chi connectivity index (χ1) is 20.5. The predicted molar refractivity (Wildman–Crippen MR) is 146 cm³/mol. The van der Waals surface area contributed by atoms with Gasteiger partial charge < -0.3 is 24.1 Å². The third-order valence-electron chi connectivity index (χ3n) is 6.21. The molecule has 2 aromatic rings. The van der Waals surface area contributed by atoms with Crippen molar-refractivity contribution in [3.8, 4) is 17.9 Å². The topological polar surface area (TPSA) is 198 Å². The molecule has 3 heterocycles. The lowest BCUT2D eigenvalue weighted by atomic mass is 10.0. The number of nitriles is 2. The molecule has 43 heavy (non-hydrogen) atoms. The Morgan fingerprint density at radius 1 is 0.977 bits per heavy atom. The first kappa shape index (κ1) is 30.5. The number of rotatable bonds is 9. The summed E-state index contributed by atoms with van der Waals surface area (Å²) in [4.78, 5) is 74.9. The van der Waals surface area contributed by atoms with Gasteiger partial charge in [0.1, 0.15) is 65.9 Å². The summed E-state index contributed by atoms with van der Waals surface area (Å²) in [6, 6.07) is 8.62. The standard InChI is InChI=1S/C28H23N5O9S/c1-15(34)40-13-20-14-43-27-23(31-22(36)11-32-9-18(7-29)25(37)19(8-30)10-32)26(38)33(27)24(20)28(39)41-12-17-3-5-21(6-4-17)42-16(2)35/h3-6,9-10,23,27H,11-14H2,1-2H3,(H,31,36)/t23-,27-/m1/s1. The number of nitrogens with one attached hydrogen (secondary N) is 1. The van der Waals surface area contributed by atoms with Gasteiger partial charge in [-0.2, -0.15) is 10.5 Å². The Labute approximate surface area is 248 Å². The Bertz CT molecular complexity index is 1650. The lowest BCUT2D eigenvalue weighted by molar-refractivity contribution is -0.153. The number of thioether (sulfide) groups is 1. The average Bonchev–Trinajstić information content (AvgIpc) is 2.98. The largest absolute Gasteiger partial charge is 0.461 e. The van der Waals surface area contributed by atoms with Crippen LogP contribution in [0.5, 0.6) is 5.75 Å². The fraction of sp³-hybridized carbons (Fsp3) is 0.286. The summed E-state index contributed by atoms with van der Waals surface area (Å²) in [7, 11) is 0. The Kier molecular flexibility index (Phi) is 9.27. The summed E-state index contributed by atoms with van der Waals surface area (Å²) in [5, 5.41) is 20.2. The summed E-state index contributed by atoms with van der Waals surface area (Å²) in [5.41, 5.74) is -0.528. The van der Waals surface area contributed by atoms with E-state index in [2.05, 4.69) is 5.32 Å². The molecule has 4 rings (SSSR count). The Hall–Kier alpha value is -5.41. The number of benzene rings is 1. The maximum absolute atomic E-state index is 13.2. The van der Waals surface area contributed by atoms with Crippen LogP contribution >= 0.6 is 11.8 Å². The van der Waals surface area contributed by atoms with E-state index in [1.54, 1.807) is 24.3 Å². The molecule has 0 radical (unpaired) electrons. The molecule has 1 aromatic heterocycles. The fourth-order valence-electron chi connectivity index (χ4n) is 4.28. The number of aromatic nitrogens is 1. The quantitative estimate of drug-likeness (QED) is 0.236. The van der Waals surface area contributed by atoms with Gasteiger partial charge >= 0.3 is 17.9 Å². The molecule has 1 aromatic carbocycles. The molecular weight excluding hydrogens is 582 g/mol. The normalized spacial score (nSPS) is 17.0. The first-order valence-corrected chi connectivity index (χ1v) is 13.7. The highest BCUT2D eigenvalue weighted by Crippen LogP contribution is 2.40. The van der Waals surface area contributed by atoms with Crippen LogP contribution in [-0.2, 0) is 46.6 Å². The van der Waals surface area contributed by atoms with Crippen LogP contribution < -0.4 is 15.5 Å². The number of hydrogen-bond donors (Lipinski definition) is 1. The summed E-state index contributed by atoms with van der Waals surface area (Å²) < 4.78 is 16.7. The van der Waals surface area contributed by atoms with Gasteiger partial charge in [-0.3, -0.25) is 28.9 Å². The van der Waals surface area contributed by atoms with Crippen LogP contribution in [0.1, 0.15) is 30.5 Å². The van der Waals surface area contributed by atoms with E-state index in [-0.39, 0.29) is 42.3 Å². The summed E-state index contributed by atoms with van der Waals surface area (Å²) >= 11 is 1.25. The zero-order valence-corrected chi connectivity index (χ0v) is 23.6. The van der Waals surface area contributed by atoms with Crippen LogP contribution in [-0.4, -0.2) is 63.0 Å². The van der Waals surface area contributed by atoms with Crippen molar-refractivity contribution in [3.63, 3.8) is 0 Å². The zero-order chi connectivity index (χ0) is 31.3. The van der Waals surface area contributed by atoms with E-state index >= 15 is 0 Å². The average molecular weight is 606 g/mol. The van der Waals surface area contributed by atoms with Crippen LogP contribution in [0, 0.1) is 22.7 Å². The van der Waals surface area contributed by atoms with Crippen molar-refractivity contribution in [2.24, 2.45) is 0 Å². The molecule has 0 bridgehead atoms. The molecule has 0 aliphatic carbocycles. The van der Waals surface area contributed by atoms with Crippen molar-refractivity contribution in [2.75, 3.05) is 12.4 Å². The van der Waals surface area contributed by atoms with E-state index in [0.29, 0.717) is 16.9 Å². The smallest absolute Gasteiger partial charge is 0.355 e. The van der Waals surface area contributed by atoms with Gasteiger partial charge in [0.25, 0.3) is 5.91 Å². The van der Waals surface area contributed by atoms with Crippen LogP contribution in [0.25, 0.3) is 0 Å². The number of nitrogens with zero attached hydrogens (tertiary/aromatic N) is 4. The Balaban J connectivity index is 1.47. The molecular formula is C28H23N5O9S. The molecule has 220 valence electrons. The summed E-state index contributed by atoms with van der Waals surface area (Å²) in [5.74, 6) is -2.62. The van der Waals surface area contributed by atoms with Crippen LogP contribution in [0.15, 0.2) is 52.7 Å². The fourth-order valence-corrected chi connectivity index (χ4v) is 5.60. The van der Waals surface area contributed by atoms with Crippen molar-refractivity contribution in [1.82, 2.24) is 14.8 Å². The molecule has 1 fully saturated rings.